The second kappa shape index (κ2) is 5.45. The average molecular weight is 329 g/mol. The van der Waals surface area contributed by atoms with Crippen molar-refractivity contribution in [3.63, 3.8) is 0 Å². The van der Waals surface area contributed by atoms with Gasteiger partial charge in [-0.1, -0.05) is 12.1 Å². The third kappa shape index (κ3) is 3.59. The Hall–Kier alpha value is -1.93. The molecule has 0 aromatic heterocycles. The van der Waals surface area contributed by atoms with Gasteiger partial charge in [0.1, 0.15) is 5.82 Å². The summed E-state index contributed by atoms with van der Waals surface area (Å²) in [5.74, 6) is -0.700. The summed E-state index contributed by atoms with van der Waals surface area (Å²) in [6.07, 6.45) is 1.02. The van der Waals surface area contributed by atoms with Crippen LogP contribution in [0.25, 0.3) is 0 Å². The van der Waals surface area contributed by atoms with Gasteiger partial charge in [-0.15, -0.1) is 0 Å². The number of nitrogens with one attached hydrogen (secondary N) is 1. The Morgan fingerprint density at radius 1 is 0.857 bits per heavy atom. The largest absolute Gasteiger partial charge is 0.277 e. The molecule has 0 radical (unpaired) electrons. The molecule has 0 saturated heterocycles. The maximum Gasteiger partial charge on any atom is 0.261 e. The molecule has 5 nitrogen and oxygen atoms in total. The molecule has 2 rings (SSSR count). The van der Waals surface area contributed by atoms with Crippen molar-refractivity contribution in [3.05, 3.63) is 54.3 Å². The van der Waals surface area contributed by atoms with Crippen molar-refractivity contribution < 1.29 is 21.2 Å². The maximum absolute atomic E-state index is 13.4. The van der Waals surface area contributed by atoms with E-state index >= 15 is 0 Å². The fraction of sp³-hybridized carbons (Fsp3) is 0.0769. The standard InChI is InChI=1S/C13H12FNO4S2/c1-20(16,17)10-6-8-11(9-7-10)21(18,19)15-13-5-3-2-4-12(13)14/h2-9,15H,1H3. The minimum Gasteiger partial charge on any atom is -0.277 e. The highest BCUT2D eigenvalue weighted by atomic mass is 32.2. The van der Waals surface area contributed by atoms with Crippen LogP contribution in [0.15, 0.2) is 58.3 Å². The molecule has 0 aliphatic rings. The van der Waals surface area contributed by atoms with Gasteiger partial charge in [-0.05, 0) is 36.4 Å². The molecule has 0 spiro atoms. The van der Waals surface area contributed by atoms with E-state index < -0.39 is 25.7 Å². The molecule has 0 aliphatic carbocycles. The first kappa shape index (κ1) is 15.5. The predicted octanol–water partition coefficient (Wildman–Crippen LogP) is 2.03. The summed E-state index contributed by atoms with van der Waals surface area (Å²) in [4.78, 5) is -0.148. The second-order valence-electron chi connectivity index (χ2n) is 4.33. The van der Waals surface area contributed by atoms with E-state index in [1.54, 1.807) is 0 Å². The minimum atomic E-state index is -3.98. The summed E-state index contributed by atoms with van der Waals surface area (Å²) in [6, 6.07) is 10.0. The van der Waals surface area contributed by atoms with Crippen molar-refractivity contribution in [2.75, 3.05) is 11.0 Å². The number of hydrogen-bond donors (Lipinski definition) is 1. The highest BCUT2D eigenvalue weighted by molar-refractivity contribution is 7.92. The van der Waals surface area contributed by atoms with E-state index in [-0.39, 0.29) is 15.5 Å². The average Bonchev–Trinajstić information content (AvgIpc) is 2.40. The lowest BCUT2D eigenvalue weighted by atomic mass is 10.3. The number of rotatable bonds is 4. The lowest BCUT2D eigenvalue weighted by Gasteiger charge is -2.09. The molecule has 0 aliphatic heterocycles. The SMILES string of the molecule is CS(=O)(=O)c1ccc(S(=O)(=O)Nc2ccccc2F)cc1. The van der Waals surface area contributed by atoms with Gasteiger partial charge < -0.3 is 0 Å². The van der Waals surface area contributed by atoms with Crippen LogP contribution in [0.2, 0.25) is 0 Å². The smallest absolute Gasteiger partial charge is 0.261 e. The van der Waals surface area contributed by atoms with Crippen LogP contribution >= 0.6 is 0 Å². The van der Waals surface area contributed by atoms with Crippen LogP contribution in [0.1, 0.15) is 0 Å². The highest BCUT2D eigenvalue weighted by Crippen LogP contribution is 2.20. The molecule has 0 heterocycles. The Labute approximate surface area is 122 Å². The van der Waals surface area contributed by atoms with E-state index in [0.717, 1.165) is 24.5 Å². The van der Waals surface area contributed by atoms with Crippen LogP contribution in [-0.4, -0.2) is 23.1 Å². The zero-order chi connectivity index (χ0) is 15.7. The molecule has 0 unspecified atom stereocenters. The van der Waals surface area contributed by atoms with Crippen molar-refractivity contribution in [3.8, 4) is 0 Å². The molecular weight excluding hydrogens is 317 g/mol. The molecule has 2 aromatic carbocycles. The second-order valence-corrected chi connectivity index (χ2v) is 8.03. The van der Waals surface area contributed by atoms with Crippen LogP contribution in [0.4, 0.5) is 10.1 Å². The van der Waals surface area contributed by atoms with Crippen LogP contribution in [0.3, 0.4) is 0 Å². The quantitative estimate of drug-likeness (QED) is 0.931. The molecule has 0 amide bonds. The van der Waals surface area contributed by atoms with Gasteiger partial charge in [0.25, 0.3) is 10.0 Å². The van der Waals surface area contributed by atoms with Crippen LogP contribution < -0.4 is 4.72 Å². The monoisotopic (exact) mass is 329 g/mol. The summed E-state index contributed by atoms with van der Waals surface area (Å²) in [5.41, 5.74) is -0.176. The van der Waals surface area contributed by atoms with E-state index in [1.807, 2.05) is 0 Å². The molecule has 2 aromatic rings. The molecule has 8 heteroatoms. The van der Waals surface area contributed by atoms with Gasteiger partial charge in [0.2, 0.25) is 0 Å². The lowest BCUT2D eigenvalue weighted by Crippen LogP contribution is -2.14. The Morgan fingerprint density at radius 3 is 1.90 bits per heavy atom. The normalized spacial score (nSPS) is 12.1. The number of sulfone groups is 1. The maximum atomic E-state index is 13.4. The third-order valence-electron chi connectivity index (χ3n) is 2.68. The van der Waals surface area contributed by atoms with Gasteiger partial charge in [-0.2, -0.15) is 0 Å². The Kier molecular flexibility index (Phi) is 4.02. The predicted molar refractivity (Wildman–Crippen MR) is 76.8 cm³/mol. The summed E-state index contributed by atoms with van der Waals surface area (Å²) in [6.45, 7) is 0. The molecule has 1 N–H and O–H groups in total. The zero-order valence-electron chi connectivity index (χ0n) is 10.9. The highest BCUT2D eigenvalue weighted by Gasteiger charge is 2.17. The summed E-state index contributed by atoms with van der Waals surface area (Å²) >= 11 is 0. The number of para-hydroxylation sites is 1. The van der Waals surface area contributed by atoms with Crippen molar-refractivity contribution >= 4 is 25.5 Å². The fourth-order valence-electron chi connectivity index (χ4n) is 1.61. The minimum absolute atomic E-state index is 0.00680. The lowest BCUT2D eigenvalue weighted by molar-refractivity contribution is 0.596. The van der Waals surface area contributed by atoms with Crippen molar-refractivity contribution in [1.29, 1.82) is 0 Å². The van der Waals surface area contributed by atoms with Gasteiger partial charge in [0, 0.05) is 6.26 Å². The molecule has 0 atom stereocenters. The van der Waals surface area contributed by atoms with E-state index in [0.29, 0.717) is 0 Å². The van der Waals surface area contributed by atoms with Crippen molar-refractivity contribution in [2.24, 2.45) is 0 Å². The molecular formula is C13H12FNO4S2. The van der Waals surface area contributed by atoms with E-state index in [1.165, 1.54) is 30.3 Å². The van der Waals surface area contributed by atoms with Crippen LogP contribution in [0, 0.1) is 5.82 Å². The first-order valence-corrected chi connectivity index (χ1v) is 9.15. The van der Waals surface area contributed by atoms with Crippen LogP contribution in [0.5, 0.6) is 0 Å². The first-order valence-electron chi connectivity index (χ1n) is 5.77. The number of hydrogen-bond acceptors (Lipinski definition) is 4. The topological polar surface area (TPSA) is 80.3 Å². The van der Waals surface area contributed by atoms with Gasteiger partial charge in [0.15, 0.2) is 9.84 Å². The zero-order valence-corrected chi connectivity index (χ0v) is 12.6. The Balaban J connectivity index is 2.35. The molecule has 0 bridgehead atoms. The van der Waals surface area contributed by atoms with Gasteiger partial charge >= 0.3 is 0 Å². The Morgan fingerprint density at radius 2 is 1.38 bits per heavy atom. The molecule has 0 fully saturated rings. The third-order valence-corrected chi connectivity index (χ3v) is 5.19. The number of halogens is 1. The summed E-state index contributed by atoms with van der Waals surface area (Å²) in [5, 5.41) is 0. The molecule has 112 valence electrons. The summed E-state index contributed by atoms with van der Waals surface area (Å²) < 4.78 is 62.4. The molecule has 0 saturated carbocycles. The first-order chi connectivity index (χ1) is 9.70. The summed E-state index contributed by atoms with van der Waals surface area (Å²) in [7, 11) is -7.39. The van der Waals surface area contributed by atoms with E-state index in [4.69, 9.17) is 0 Å². The van der Waals surface area contributed by atoms with Crippen molar-refractivity contribution in [1.82, 2.24) is 0 Å². The van der Waals surface area contributed by atoms with Gasteiger partial charge in [-0.3, -0.25) is 4.72 Å². The van der Waals surface area contributed by atoms with Gasteiger partial charge in [-0.25, -0.2) is 21.2 Å². The van der Waals surface area contributed by atoms with E-state index in [2.05, 4.69) is 4.72 Å². The number of benzene rings is 2. The molecule has 21 heavy (non-hydrogen) atoms. The van der Waals surface area contributed by atoms with Crippen molar-refractivity contribution in [2.45, 2.75) is 9.79 Å². The number of sulfonamides is 1. The van der Waals surface area contributed by atoms with Crippen LogP contribution in [-0.2, 0) is 19.9 Å². The Bertz CT molecular complexity index is 859. The van der Waals surface area contributed by atoms with Gasteiger partial charge in [0.05, 0.1) is 15.5 Å². The number of anilines is 1. The van der Waals surface area contributed by atoms with E-state index in [9.17, 15) is 21.2 Å². The fourth-order valence-corrected chi connectivity index (χ4v) is 3.31.